The molecule has 8 heteroatoms. The molecule has 0 radical (unpaired) electrons. The molecule has 6 nitrogen and oxygen atoms in total. The number of rotatable bonds is 7. The number of hydrogen-bond donors (Lipinski definition) is 2. The molecule has 2 aromatic carbocycles. The van der Waals surface area contributed by atoms with Gasteiger partial charge in [-0.1, -0.05) is 36.4 Å². The van der Waals surface area contributed by atoms with Crippen LogP contribution in [0, 0.1) is 0 Å². The third kappa shape index (κ3) is 5.95. The van der Waals surface area contributed by atoms with Gasteiger partial charge in [0, 0.05) is 50.4 Å². The van der Waals surface area contributed by atoms with E-state index in [1.807, 2.05) is 12.1 Å². The topological polar surface area (TPSA) is 59.1 Å². The highest BCUT2D eigenvalue weighted by Gasteiger charge is 2.43. The maximum atomic E-state index is 13.0. The van der Waals surface area contributed by atoms with Gasteiger partial charge in [0.15, 0.2) is 0 Å². The maximum absolute atomic E-state index is 13.0. The highest BCUT2D eigenvalue weighted by atomic mass is 19.3. The van der Waals surface area contributed by atoms with E-state index in [0.29, 0.717) is 24.2 Å². The average molecular weight is 459 g/mol. The minimum absolute atomic E-state index is 0.143. The lowest BCUT2D eigenvalue weighted by atomic mass is 10.0. The molecule has 2 aliphatic rings. The van der Waals surface area contributed by atoms with E-state index in [-0.39, 0.29) is 13.1 Å². The number of piperazine rings is 1. The number of nitrogens with zero attached hydrogens (tertiary/aromatic N) is 3. The molecule has 0 aromatic heterocycles. The monoisotopic (exact) mass is 458 g/mol. The van der Waals surface area contributed by atoms with E-state index in [1.165, 1.54) is 5.56 Å². The second-order valence-electron chi connectivity index (χ2n) is 9.52. The Morgan fingerprint density at radius 1 is 0.879 bits per heavy atom. The number of hydrogen-bond acceptors (Lipinski definition) is 5. The molecule has 2 atom stereocenters. The lowest BCUT2D eigenvalue weighted by Gasteiger charge is -2.44. The number of likely N-dealkylation sites (tertiary alicyclic amines) is 1. The van der Waals surface area contributed by atoms with E-state index in [2.05, 4.69) is 47.9 Å². The predicted octanol–water partition coefficient (Wildman–Crippen LogP) is 3.35. The molecule has 2 heterocycles. The number of nitrogens with one attached hydrogen (secondary N) is 1. The number of carbonyl (C=O) groups excluding carboxylic acids is 1. The van der Waals surface area contributed by atoms with Crippen LogP contribution in [0.2, 0.25) is 0 Å². The van der Waals surface area contributed by atoms with Gasteiger partial charge < -0.3 is 0 Å². The van der Waals surface area contributed by atoms with Gasteiger partial charge in [0.05, 0.1) is 13.1 Å². The molecule has 1 amide bonds. The predicted molar refractivity (Wildman–Crippen MR) is 122 cm³/mol. The molecule has 2 saturated heterocycles. The van der Waals surface area contributed by atoms with Crippen LogP contribution in [0.25, 0.3) is 0 Å². The van der Waals surface area contributed by atoms with Gasteiger partial charge in [-0.15, -0.1) is 0 Å². The first kappa shape index (κ1) is 23.8. The number of hydroxylamine groups is 1. The Kier molecular flexibility index (Phi) is 7.09. The van der Waals surface area contributed by atoms with Crippen LogP contribution in [0.15, 0.2) is 48.5 Å². The summed E-state index contributed by atoms with van der Waals surface area (Å²) in [4.78, 5) is 18.2. The molecule has 2 aromatic rings. The fraction of sp³-hybridized carbons (Fsp3) is 0.480. The number of amides is 1. The summed E-state index contributed by atoms with van der Waals surface area (Å²) in [5.41, 5.74) is 5.52. The molecular formula is C25H32F2N4O2. The molecule has 2 fully saturated rings. The van der Waals surface area contributed by atoms with Crippen molar-refractivity contribution < 1.29 is 18.8 Å². The second kappa shape index (κ2) is 9.85. The Morgan fingerprint density at radius 3 is 1.82 bits per heavy atom. The standard InChI is InChI=1S/C25H32F2N4O2/c1-18-11-29(13-21-7-9-23(10-8-21)24(32)28-33)12-19(2)31(18)15-22-5-3-20(4-6-22)14-30-16-25(26,27)17-30/h3-10,18-19,33H,11-17H2,1-2H3,(H,28,32). The molecular weight excluding hydrogens is 426 g/mol. The van der Waals surface area contributed by atoms with E-state index < -0.39 is 11.8 Å². The summed E-state index contributed by atoms with van der Waals surface area (Å²) >= 11 is 0. The van der Waals surface area contributed by atoms with Crippen LogP contribution >= 0.6 is 0 Å². The fourth-order valence-corrected chi connectivity index (χ4v) is 4.93. The van der Waals surface area contributed by atoms with Crippen LogP contribution in [-0.2, 0) is 19.6 Å². The highest BCUT2D eigenvalue weighted by Crippen LogP contribution is 2.28. The molecule has 178 valence electrons. The largest absolute Gasteiger partial charge is 0.296 e. The van der Waals surface area contributed by atoms with Crippen molar-refractivity contribution in [3.63, 3.8) is 0 Å². The number of carbonyl (C=O) groups is 1. The molecule has 0 bridgehead atoms. The molecule has 2 N–H and O–H groups in total. The zero-order valence-electron chi connectivity index (χ0n) is 19.2. The van der Waals surface area contributed by atoms with E-state index in [0.717, 1.165) is 37.3 Å². The Hall–Kier alpha value is -2.39. The second-order valence-corrected chi connectivity index (χ2v) is 9.52. The van der Waals surface area contributed by atoms with E-state index >= 15 is 0 Å². The summed E-state index contributed by atoms with van der Waals surface area (Å²) in [7, 11) is 0. The van der Waals surface area contributed by atoms with Crippen molar-refractivity contribution in [1.82, 2.24) is 20.2 Å². The van der Waals surface area contributed by atoms with Gasteiger partial charge in [-0.3, -0.25) is 24.7 Å². The van der Waals surface area contributed by atoms with Crippen LogP contribution in [0.4, 0.5) is 8.78 Å². The Labute approximate surface area is 193 Å². The summed E-state index contributed by atoms with van der Waals surface area (Å²) in [5, 5.41) is 8.75. The van der Waals surface area contributed by atoms with Crippen LogP contribution in [0.1, 0.15) is 40.9 Å². The van der Waals surface area contributed by atoms with E-state index in [1.54, 1.807) is 22.5 Å². The Bertz CT molecular complexity index is 932. The Morgan fingerprint density at radius 2 is 1.33 bits per heavy atom. The quantitative estimate of drug-likeness (QED) is 0.492. The van der Waals surface area contributed by atoms with E-state index in [4.69, 9.17) is 5.21 Å². The summed E-state index contributed by atoms with van der Waals surface area (Å²) in [6.45, 7) is 8.36. The highest BCUT2D eigenvalue weighted by molar-refractivity contribution is 5.93. The lowest BCUT2D eigenvalue weighted by Crippen LogP contribution is -2.55. The molecule has 0 aliphatic carbocycles. The van der Waals surface area contributed by atoms with Crippen molar-refractivity contribution in [3.8, 4) is 0 Å². The molecule has 0 spiro atoms. The summed E-state index contributed by atoms with van der Waals surface area (Å²) in [6.07, 6.45) is 0. The van der Waals surface area contributed by atoms with Crippen molar-refractivity contribution in [2.24, 2.45) is 0 Å². The van der Waals surface area contributed by atoms with Gasteiger partial charge in [0.1, 0.15) is 0 Å². The third-order valence-electron chi connectivity index (χ3n) is 6.61. The SMILES string of the molecule is CC1CN(Cc2ccc(C(=O)NO)cc2)CC(C)N1Cc1ccc(CN2CC(F)(F)C2)cc1. The zero-order valence-corrected chi connectivity index (χ0v) is 19.2. The maximum Gasteiger partial charge on any atom is 0.274 e. The van der Waals surface area contributed by atoms with Crippen LogP contribution in [0.5, 0.6) is 0 Å². The first-order valence-electron chi connectivity index (χ1n) is 11.4. The molecule has 2 aliphatic heterocycles. The first-order valence-corrected chi connectivity index (χ1v) is 11.4. The number of alkyl halides is 2. The first-order chi connectivity index (χ1) is 15.7. The minimum atomic E-state index is -2.52. The minimum Gasteiger partial charge on any atom is -0.296 e. The van der Waals surface area contributed by atoms with Gasteiger partial charge in [-0.25, -0.2) is 14.3 Å². The zero-order chi connectivity index (χ0) is 23.6. The number of halogens is 2. The average Bonchev–Trinajstić information content (AvgIpc) is 2.76. The molecule has 0 saturated carbocycles. The van der Waals surface area contributed by atoms with Crippen LogP contribution < -0.4 is 5.48 Å². The van der Waals surface area contributed by atoms with Crippen molar-refractivity contribution in [2.45, 2.75) is 51.5 Å². The van der Waals surface area contributed by atoms with Gasteiger partial charge in [0.2, 0.25) is 0 Å². The van der Waals surface area contributed by atoms with Crippen molar-refractivity contribution >= 4 is 5.91 Å². The smallest absolute Gasteiger partial charge is 0.274 e. The summed E-state index contributed by atoms with van der Waals surface area (Å²) in [6, 6.07) is 16.4. The van der Waals surface area contributed by atoms with Crippen molar-refractivity contribution in [2.75, 3.05) is 26.2 Å². The normalized spacial score (nSPS) is 23.8. The van der Waals surface area contributed by atoms with Crippen molar-refractivity contribution in [3.05, 3.63) is 70.8 Å². The van der Waals surface area contributed by atoms with Gasteiger partial charge in [0.25, 0.3) is 11.8 Å². The summed E-state index contributed by atoms with van der Waals surface area (Å²) in [5.74, 6) is -3.03. The molecule has 33 heavy (non-hydrogen) atoms. The lowest BCUT2D eigenvalue weighted by molar-refractivity contribution is -0.133. The van der Waals surface area contributed by atoms with Crippen LogP contribution in [-0.4, -0.2) is 70.0 Å². The molecule has 4 rings (SSSR count). The summed E-state index contributed by atoms with van der Waals surface area (Å²) < 4.78 is 26.0. The molecule has 2 unspecified atom stereocenters. The number of benzene rings is 2. The van der Waals surface area contributed by atoms with Gasteiger partial charge in [-0.2, -0.15) is 0 Å². The van der Waals surface area contributed by atoms with Crippen LogP contribution in [0.3, 0.4) is 0 Å². The van der Waals surface area contributed by atoms with Crippen molar-refractivity contribution in [1.29, 1.82) is 0 Å². The fourth-order valence-electron chi connectivity index (χ4n) is 4.93. The third-order valence-corrected chi connectivity index (χ3v) is 6.61. The van der Waals surface area contributed by atoms with Gasteiger partial charge in [-0.05, 0) is 42.7 Å². The van der Waals surface area contributed by atoms with Gasteiger partial charge >= 0.3 is 0 Å². The van der Waals surface area contributed by atoms with E-state index in [9.17, 15) is 13.6 Å². The Balaban J connectivity index is 1.28.